The zero-order valence-electron chi connectivity index (χ0n) is 14.9. The highest BCUT2D eigenvalue weighted by atomic mass is 16.5. The predicted molar refractivity (Wildman–Crippen MR) is 98.9 cm³/mol. The third-order valence-electron chi connectivity index (χ3n) is 4.12. The zero-order valence-corrected chi connectivity index (χ0v) is 14.9. The monoisotopic (exact) mass is 354 g/mol. The molecule has 1 aliphatic heterocycles. The summed E-state index contributed by atoms with van der Waals surface area (Å²) < 4.78 is 5.70. The first-order chi connectivity index (χ1) is 12.4. The molecule has 3 rings (SSSR count). The maximum absolute atomic E-state index is 12.7. The molecule has 0 aliphatic carbocycles. The van der Waals surface area contributed by atoms with E-state index in [0.29, 0.717) is 12.3 Å². The molecule has 2 amide bonds. The molecular weight excluding hydrogens is 332 g/mol. The van der Waals surface area contributed by atoms with Crippen LogP contribution >= 0.6 is 0 Å². The van der Waals surface area contributed by atoms with E-state index in [9.17, 15) is 9.59 Å². The highest BCUT2D eigenvalue weighted by Crippen LogP contribution is 2.36. The highest BCUT2D eigenvalue weighted by molar-refractivity contribution is 6.05. The summed E-state index contributed by atoms with van der Waals surface area (Å²) in [5.74, 6) is 0.367. The van der Waals surface area contributed by atoms with Crippen molar-refractivity contribution in [2.24, 2.45) is 0 Å². The van der Waals surface area contributed by atoms with Gasteiger partial charge in [-0.2, -0.15) is 0 Å². The molecular formula is C19H22N4O3. The lowest BCUT2D eigenvalue weighted by molar-refractivity contribution is -0.134. The molecule has 7 heteroatoms. The summed E-state index contributed by atoms with van der Waals surface area (Å²) in [6.45, 7) is 3.68. The van der Waals surface area contributed by atoms with Gasteiger partial charge in [-0.05, 0) is 38.0 Å². The van der Waals surface area contributed by atoms with E-state index < -0.39 is 5.60 Å². The summed E-state index contributed by atoms with van der Waals surface area (Å²) in [5.41, 5.74) is 5.79. The fourth-order valence-electron chi connectivity index (χ4n) is 2.80. The summed E-state index contributed by atoms with van der Waals surface area (Å²) in [6, 6.07) is 13.1. The van der Waals surface area contributed by atoms with Crippen molar-refractivity contribution < 1.29 is 14.3 Å². The lowest BCUT2D eigenvalue weighted by Crippen LogP contribution is -2.55. The van der Waals surface area contributed by atoms with Crippen LogP contribution in [-0.2, 0) is 16.0 Å². The fraction of sp³-hybridized carbons (Fsp3) is 0.316. The average Bonchev–Trinajstić information content (AvgIpc) is 2.60. The van der Waals surface area contributed by atoms with Gasteiger partial charge in [0.15, 0.2) is 17.2 Å². The molecule has 1 aliphatic rings. The van der Waals surface area contributed by atoms with Crippen LogP contribution in [0.25, 0.3) is 0 Å². The van der Waals surface area contributed by atoms with Crippen LogP contribution in [0, 0.1) is 0 Å². The van der Waals surface area contributed by atoms with Gasteiger partial charge in [0.1, 0.15) is 12.4 Å². The van der Waals surface area contributed by atoms with Crippen molar-refractivity contribution in [2.75, 3.05) is 23.7 Å². The summed E-state index contributed by atoms with van der Waals surface area (Å²) in [5, 5.41) is 2.84. The highest BCUT2D eigenvalue weighted by Gasteiger charge is 2.42. The Hall–Kier alpha value is -3.09. The second kappa shape index (κ2) is 7.03. The minimum absolute atomic E-state index is 0.135. The van der Waals surface area contributed by atoms with E-state index in [1.165, 1.54) is 4.90 Å². The van der Waals surface area contributed by atoms with Crippen LogP contribution < -0.4 is 20.7 Å². The van der Waals surface area contributed by atoms with Crippen LogP contribution in [0.3, 0.4) is 0 Å². The molecule has 0 atom stereocenters. The van der Waals surface area contributed by atoms with E-state index in [-0.39, 0.29) is 30.0 Å². The smallest absolute Gasteiger partial charge is 0.272 e. The van der Waals surface area contributed by atoms with Crippen molar-refractivity contribution in [3.05, 3.63) is 48.0 Å². The third-order valence-corrected chi connectivity index (χ3v) is 4.12. The Labute approximate surface area is 152 Å². The van der Waals surface area contributed by atoms with E-state index >= 15 is 0 Å². The molecule has 0 fully saturated rings. The molecule has 0 radical (unpaired) electrons. The van der Waals surface area contributed by atoms with Crippen molar-refractivity contribution >= 4 is 23.5 Å². The first-order valence-corrected chi connectivity index (χ1v) is 8.45. The lowest BCUT2D eigenvalue weighted by atomic mass is 10.1. The molecule has 0 unspecified atom stereocenters. The normalized spacial score (nSPS) is 15.2. The van der Waals surface area contributed by atoms with Gasteiger partial charge in [-0.15, -0.1) is 0 Å². The fourth-order valence-corrected chi connectivity index (χ4v) is 2.80. The van der Waals surface area contributed by atoms with Gasteiger partial charge in [0, 0.05) is 6.54 Å². The molecule has 0 bridgehead atoms. The Bertz CT molecular complexity index is 821. The standard InChI is InChI=1S/C19H22N4O3/c1-19(2)18(25)23(17-14(26-19)8-9-15(20)22-17)12-16(24)21-11-10-13-6-4-3-5-7-13/h3-9H,10-12H2,1-2H3,(H2,20,22)(H,21,24). The number of hydrogen-bond acceptors (Lipinski definition) is 5. The maximum atomic E-state index is 12.7. The Balaban J connectivity index is 1.68. The van der Waals surface area contributed by atoms with Gasteiger partial charge in [0.25, 0.3) is 5.91 Å². The second-order valence-corrected chi connectivity index (χ2v) is 6.65. The molecule has 2 heterocycles. The number of fused-ring (bicyclic) bond motifs is 1. The van der Waals surface area contributed by atoms with Gasteiger partial charge >= 0.3 is 0 Å². The number of rotatable bonds is 5. The van der Waals surface area contributed by atoms with E-state index in [4.69, 9.17) is 10.5 Å². The Morgan fingerprint density at radius 3 is 2.69 bits per heavy atom. The molecule has 136 valence electrons. The maximum Gasteiger partial charge on any atom is 0.272 e. The van der Waals surface area contributed by atoms with Crippen molar-refractivity contribution in [3.63, 3.8) is 0 Å². The number of carbonyl (C=O) groups excluding carboxylic acids is 2. The number of nitrogens with two attached hydrogens (primary N) is 1. The Morgan fingerprint density at radius 1 is 1.23 bits per heavy atom. The van der Waals surface area contributed by atoms with Gasteiger partial charge < -0.3 is 15.8 Å². The van der Waals surface area contributed by atoms with Crippen LogP contribution in [0.4, 0.5) is 11.6 Å². The molecule has 7 nitrogen and oxygen atoms in total. The van der Waals surface area contributed by atoms with Gasteiger partial charge in [0.05, 0.1) is 0 Å². The first kappa shape index (κ1) is 17.7. The molecule has 2 aromatic rings. The minimum atomic E-state index is -1.07. The SMILES string of the molecule is CC1(C)Oc2ccc(N)nc2N(CC(=O)NCCc2ccccc2)C1=O. The molecule has 0 saturated carbocycles. The molecule has 0 saturated heterocycles. The summed E-state index contributed by atoms with van der Waals surface area (Å²) in [4.78, 5) is 30.5. The number of ether oxygens (including phenoxy) is 1. The number of aromatic nitrogens is 1. The number of nitrogens with zero attached hydrogens (tertiary/aromatic N) is 2. The number of amides is 2. The van der Waals surface area contributed by atoms with Gasteiger partial charge in [-0.1, -0.05) is 30.3 Å². The molecule has 3 N–H and O–H groups in total. The Morgan fingerprint density at radius 2 is 1.96 bits per heavy atom. The number of hydrogen-bond donors (Lipinski definition) is 2. The van der Waals surface area contributed by atoms with Crippen molar-refractivity contribution in [1.29, 1.82) is 0 Å². The predicted octanol–water partition coefficient (Wildman–Crippen LogP) is 1.53. The molecule has 1 aromatic carbocycles. The summed E-state index contributed by atoms with van der Waals surface area (Å²) in [6.07, 6.45) is 0.719. The molecule has 0 spiro atoms. The van der Waals surface area contributed by atoms with Crippen molar-refractivity contribution in [1.82, 2.24) is 10.3 Å². The van der Waals surface area contributed by atoms with E-state index in [0.717, 1.165) is 12.0 Å². The quantitative estimate of drug-likeness (QED) is 0.848. The molecule has 1 aromatic heterocycles. The third kappa shape index (κ3) is 3.77. The van der Waals surface area contributed by atoms with Crippen LogP contribution in [0.1, 0.15) is 19.4 Å². The summed E-state index contributed by atoms with van der Waals surface area (Å²) >= 11 is 0. The number of benzene rings is 1. The lowest BCUT2D eigenvalue weighted by Gasteiger charge is -2.37. The molecule has 26 heavy (non-hydrogen) atoms. The number of nitrogens with one attached hydrogen (secondary N) is 1. The van der Waals surface area contributed by atoms with Crippen molar-refractivity contribution in [2.45, 2.75) is 25.9 Å². The van der Waals surface area contributed by atoms with E-state index in [1.54, 1.807) is 26.0 Å². The number of carbonyl (C=O) groups is 2. The number of pyridine rings is 1. The average molecular weight is 354 g/mol. The Kier molecular flexibility index (Phi) is 4.79. The van der Waals surface area contributed by atoms with Crippen molar-refractivity contribution in [3.8, 4) is 5.75 Å². The van der Waals surface area contributed by atoms with Crippen LogP contribution in [0.15, 0.2) is 42.5 Å². The van der Waals surface area contributed by atoms with Crippen LogP contribution in [-0.4, -0.2) is 35.5 Å². The minimum Gasteiger partial charge on any atom is -0.474 e. The zero-order chi connectivity index (χ0) is 18.7. The topological polar surface area (TPSA) is 97.6 Å². The van der Waals surface area contributed by atoms with E-state index in [2.05, 4.69) is 10.3 Å². The van der Waals surface area contributed by atoms with Gasteiger partial charge in [-0.25, -0.2) is 4.98 Å². The largest absolute Gasteiger partial charge is 0.474 e. The number of nitrogen functional groups attached to an aromatic ring is 1. The van der Waals surface area contributed by atoms with Gasteiger partial charge in [0.2, 0.25) is 5.91 Å². The second-order valence-electron chi connectivity index (χ2n) is 6.65. The number of anilines is 2. The summed E-state index contributed by atoms with van der Waals surface area (Å²) in [7, 11) is 0. The first-order valence-electron chi connectivity index (χ1n) is 8.45. The van der Waals surface area contributed by atoms with Gasteiger partial charge in [-0.3, -0.25) is 14.5 Å². The van der Waals surface area contributed by atoms with E-state index in [1.807, 2.05) is 30.3 Å². The van der Waals surface area contributed by atoms with Crippen LogP contribution in [0.5, 0.6) is 5.75 Å². The van der Waals surface area contributed by atoms with Crippen LogP contribution in [0.2, 0.25) is 0 Å².